The molecule has 0 saturated heterocycles. The van der Waals surface area contributed by atoms with Crippen molar-refractivity contribution in [3.05, 3.63) is 16.1 Å². The van der Waals surface area contributed by atoms with Gasteiger partial charge in [0.05, 0.1) is 10.00 Å². The molecule has 0 radical (unpaired) electrons. The van der Waals surface area contributed by atoms with E-state index < -0.39 is 15.3 Å². The van der Waals surface area contributed by atoms with Crippen LogP contribution >= 0.6 is 23.6 Å². The monoisotopic (exact) mass is 293 g/mol. The van der Waals surface area contributed by atoms with Gasteiger partial charge in [-0.05, 0) is 13.8 Å². The van der Waals surface area contributed by atoms with Crippen molar-refractivity contribution in [1.29, 1.82) is 0 Å². The van der Waals surface area contributed by atoms with Crippen molar-refractivity contribution >= 4 is 38.6 Å². The van der Waals surface area contributed by atoms with Crippen molar-refractivity contribution in [3.63, 3.8) is 0 Å². The standard InChI is InChI=1S/C9H15N3O2S3/c1-6-5-16-8(12-6)3-4-11-17(13,14)7(2)9(10)15/h5,7,11H,3-4H2,1-2H3,(H2,10,15). The van der Waals surface area contributed by atoms with Crippen LogP contribution in [0, 0.1) is 6.92 Å². The molecule has 1 rings (SSSR count). The van der Waals surface area contributed by atoms with E-state index in [1.807, 2.05) is 12.3 Å². The van der Waals surface area contributed by atoms with Gasteiger partial charge in [-0.3, -0.25) is 0 Å². The maximum atomic E-state index is 11.7. The van der Waals surface area contributed by atoms with Crippen LogP contribution in [0.1, 0.15) is 17.6 Å². The van der Waals surface area contributed by atoms with Gasteiger partial charge in [0.1, 0.15) is 5.25 Å². The summed E-state index contributed by atoms with van der Waals surface area (Å²) in [6, 6.07) is 0. The molecule has 1 unspecified atom stereocenters. The third-order valence-corrected chi connectivity index (χ3v) is 5.50. The molecular weight excluding hydrogens is 278 g/mol. The van der Waals surface area contributed by atoms with Crippen molar-refractivity contribution in [2.24, 2.45) is 5.73 Å². The smallest absolute Gasteiger partial charge is 0.220 e. The summed E-state index contributed by atoms with van der Waals surface area (Å²) in [5, 5.41) is 1.99. The number of thiocarbonyl (C=S) groups is 1. The largest absolute Gasteiger partial charge is 0.392 e. The Hall–Kier alpha value is -0.570. The minimum atomic E-state index is -3.46. The number of thiazole rings is 1. The van der Waals surface area contributed by atoms with E-state index in [9.17, 15) is 8.42 Å². The third kappa shape index (κ3) is 4.30. The SMILES string of the molecule is Cc1csc(CCNS(=O)(=O)C(C)C(N)=S)n1. The number of aromatic nitrogens is 1. The molecule has 1 heterocycles. The van der Waals surface area contributed by atoms with Crippen molar-refractivity contribution in [2.45, 2.75) is 25.5 Å². The number of nitrogens with two attached hydrogens (primary N) is 1. The second kappa shape index (κ2) is 5.85. The second-order valence-electron chi connectivity index (χ2n) is 3.62. The zero-order chi connectivity index (χ0) is 13.1. The fourth-order valence-corrected chi connectivity index (χ4v) is 3.19. The molecule has 5 nitrogen and oxygen atoms in total. The molecule has 0 amide bonds. The highest BCUT2D eigenvalue weighted by Crippen LogP contribution is 2.09. The van der Waals surface area contributed by atoms with Crippen molar-refractivity contribution < 1.29 is 8.42 Å². The Morgan fingerprint density at radius 3 is 2.82 bits per heavy atom. The highest BCUT2D eigenvalue weighted by atomic mass is 32.2. The molecule has 1 aromatic rings. The number of rotatable bonds is 6. The van der Waals surface area contributed by atoms with Gasteiger partial charge < -0.3 is 5.73 Å². The number of sulfonamides is 1. The number of nitrogens with zero attached hydrogens (tertiary/aromatic N) is 1. The molecule has 0 aliphatic heterocycles. The van der Waals surface area contributed by atoms with Gasteiger partial charge in [0, 0.05) is 24.0 Å². The first kappa shape index (κ1) is 14.5. The summed E-state index contributed by atoms with van der Waals surface area (Å²) < 4.78 is 25.8. The van der Waals surface area contributed by atoms with E-state index in [1.54, 1.807) is 0 Å². The summed E-state index contributed by atoms with van der Waals surface area (Å²) in [4.78, 5) is 4.22. The Morgan fingerprint density at radius 1 is 1.71 bits per heavy atom. The maximum Gasteiger partial charge on any atom is 0.220 e. The van der Waals surface area contributed by atoms with Crippen LogP contribution in [-0.4, -0.2) is 30.2 Å². The lowest BCUT2D eigenvalue weighted by Gasteiger charge is -2.11. The molecule has 1 atom stereocenters. The predicted octanol–water partition coefficient (Wildman–Crippen LogP) is 0.588. The van der Waals surface area contributed by atoms with E-state index in [0.29, 0.717) is 13.0 Å². The summed E-state index contributed by atoms with van der Waals surface area (Å²) >= 11 is 6.18. The Balaban J connectivity index is 2.48. The molecule has 0 fully saturated rings. The molecular formula is C9H15N3O2S3. The van der Waals surface area contributed by atoms with Gasteiger partial charge in [0.15, 0.2) is 0 Å². The van der Waals surface area contributed by atoms with Crippen LogP contribution in [-0.2, 0) is 16.4 Å². The summed E-state index contributed by atoms with van der Waals surface area (Å²) in [6.07, 6.45) is 0.571. The molecule has 0 aromatic carbocycles. The average molecular weight is 293 g/mol. The number of hydrogen-bond acceptors (Lipinski definition) is 5. The van der Waals surface area contributed by atoms with Gasteiger partial charge in [-0.2, -0.15) is 0 Å². The highest BCUT2D eigenvalue weighted by molar-refractivity contribution is 7.93. The van der Waals surface area contributed by atoms with E-state index >= 15 is 0 Å². The van der Waals surface area contributed by atoms with Crippen molar-refractivity contribution in [3.8, 4) is 0 Å². The van der Waals surface area contributed by atoms with E-state index in [2.05, 4.69) is 21.9 Å². The molecule has 0 aliphatic carbocycles. The van der Waals surface area contributed by atoms with Gasteiger partial charge in [-0.25, -0.2) is 18.1 Å². The Kier molecular flexibility index (Phi) is 4.99. The lowest BCUT2D eigenvalue weighted by atomic mass is 10.4. The second-order valence-corrected chi connectivity index (χ2v) is 7.12. The summed E-state index contributed by atoms with van der Waals surface area (Å²) in [5.41, 5.74) is 6.26. The van der Waals surface area contributed by atoms with Crippen LogP contribution in [0.15, 0.2) is 5.38 Å². The van der Waals surface area contributed by atoms with E-state index in [1.165, 1.54) is 18.3 Å². The highest BCUT2D eigenvalue weighted by Gasteiger charge is 2.22. The molecule has 0 bridgehead atoms. The van der Waals surface area contributed by atoms with Gasteiger partial charge >= 0.3 is 0 Å². The van der Waals surface area contributed by atoms with E-state index in [0.717, 1.165) is 10.7 Å². The maximum absolute atomic E-state index is 11.7. The minimum Gasteiger partial charge on any atom is -0.392 e. The van der Waals surface area contributed by atoms with Gasteiger partial charge in [0.2, 0.25) is 10.0 Å². The molecule has 0 aliphatic rings. The fraction of sp³-hybridized carbons (Fsp3) is 0.556. The first-order valence-electron chi connectivity index (χ1n) is 5.01. The number of hydrogen-bond donors (Lipinski definition) is 2. The molecule has 96 valence electrons. The molecule has 1 aromatic heterocycles. The summed E-state index contributed by atoms with van der Waals surface area (Å²) in [7, 11) is -3.46. The van der Waals surface area contributed by atoms with E-state index in [4.69, 9.17) is 5.73 Å². The Morgan fingerprint density at radius 2 is 2.35 bits per heavy atom. The third-order valence-electron chi connectivity index (χ3n) is 2.17. The average Bonchev–Trinajstić information content (AvgIpc) is 2.62. The first-order valence-corrected chi connectivity index (χ1v) is 7.85. The minimum absolute atomic E-state index is 0.0254. The summed E-state index contributed by atoms with van der Waals surface area (Å²) in [6.45, 7) is 3.68. The molecule has 8 heteroatoms. The van der Waals surface area contributed by atoms with Gasteiger partial charge in [-0.15, -0.1) is 11.3 Å². The fourth-order valence-electron chi connectivity index (χ4n) is 1.10. The Labute approximate surface area is 110 Å². The van der Waals surface area contributed by atoms with Crippen LogP contribution in [0.2, 0.25) is 0 Å². The van der Waals surface area contributed by atoms with Crippen LogP contribution in [0.5, 0.6) is 0 Å². The molecule has 0 saturated carbocycles. The number of nitrogens with one attached hydrogen (secondary N) is 1. The predicted molar refractivity (Wildman–Crippen MR) is 73.7 cm³/mol. The topological polar surface area (TPSA) is 85.1 Å². The lowest BCUT2D eigenvalue weighted by molar-refractivity contribution is 0.578. The lowest BCUT2D eigenvalue weighted by Crippen LogP contribution is -2.40. The van der Waals surface area contributed by atoms with Crippen LogP contribution in [0.3, 0.4) is 0 Å². The molecule has 3 N–H and O–H groups in total. The molecule has 17 heavy (non-hydrogen) atoms. The van der Waals surface area contributed by atoms with Gasteiger partial charge in [0.25, 0.3) is 0 Å². The van der Waals surface area contributed by atoms with Crippen LogP contribution in [0.4, 0.5) is 0 Å². The zero-order valence-electron chi connectivity index (χ0n) is 9.63. The first-order chi connectivity index (χ1) is 7.83. The van der Waals surface area contributed by atoms with Gasteiger partial charge in [-0.1, -0.05) is 12.2 Å². The summed E-state index contributed by atoms with van der Waals surface area (Å²) in [5.74, 6) is 0. The van der Waals surface area contributed by atoms with Crippen molar-refractivity contribution in [2.75, 3.05) is 6.54 Å². The number of aryl methyl sites for hydroxylation is 1. The van der Waals surface area contributed by atoms with E-state index in [-0.39, 0.29) is 4.99 Å². The van der Waals surface area contributed by atoms with Crippen LogP contribution in [0.25, 0.3) is 0 Å². The normalized spacial score (nSPS) is 13.5. The zero-order valence-corrected chi connectivity index (χ0v) is 12.1. The quantitative estimate of drug-likeness (QED) is 0.750. The molecule has 0 spiro atoms. The Bertz CT molecular complexity index is 495. The van der Waals surface area contributed by atoms with Crippen molar-refractivity contribution in [1.82, 2.24) is 9.71 Å². The van der Waals surface area contributed by atoms with Crippen LogP contribution < -0.4 is 10.5 Å².